The quantitative estimate of drug-likeness (QED) is 0.735. The van der Waals surface area contributed by atoms with Gasteiger partial charge in [-0.1, -0.05) is 11.6 Å². The van der Waals surface area contributed by atoms with E-state index in [1.54, 1.807) is 18.2 Å². The van der Waals surface area contributed by atoms with Crippen molar-refractivity contribution in [3.8, 4) is 5.75 Å². The monoisotopic (exact) mass is 224 g/mol. The van der Waals surface area contributed by atoms with Gasteiger partial charge < -0.3 is 4.74 Å². The number of ketones is 1. The van der Waals surface area contributed by atoms with Gasteiger partial charge in [0.05, 0.1) is 11.7 Å². The van der Waals surface area contributed by atoms with Gasteiger partial charge in [-0.05, 0) is 44.4 Å². The highest BCUT2D eigenvalue weighted by Crippen LogP contribution is 2.29. The third kappa shape index (κ3) is 2.32. The first-order valence-corrected chi connectivity index (χ1v) is 5.52. The van der Waals surface area contributed by atoms with Crippen LogP contribution in [0.15, 0.2) is 18.2 Å². The third-order valence-corrected chi connectivity index (χ3v) is 2.90. The van der Waals surface area contributed by atoms with E-state index in [-0.39, 0.29) is 11.9 Å². The van der Waals surface area contributed by atoms with E-state index in [4.69, 9.17) is 16.3 Å². The molecule has 0 heterocycles. The second-order valence-electron chi connectivity index (χ2n) is 3.87. The molecule has 0 N–H and O–H groups in total. The minimum absolute atomic E-state index is 0.00757. The molecular formula is C12H13ClO2. The molecule has 2 rings (SSSR count). The summed E-state index contributed by atoms with van der Waals surface area (Å²) in [7, 11) is 0. The zero-order valence-electron chi connectivity index (χ0n) is 8.63. The molecule has 1 aromatic rings. The summed E-state index contributed by atoms with van der Waals surface area (Å²) in [4.78, 5) is 11.4. The zero-order chi connectivity index (χ0) is 10.8. The van der Waals surface area contributed by atoms with Crippen LogP contribution in [0.3, 0.4) is 0 Å². The Morgan fingerprint density at radius 1 is 1.47 bits per heavy atom. The molecule has 1 fully saturated rings. The summed E-state index contributed by atoms with van der Waals surface area (Å²) in [5.41, 5.74) is 0.578. The van der Waals surface area contributed by atoms with Crippen molar-refractivity contribution in [3.05, 3.63) is 28.8 Å². The molecule has 0 aromatic heterocycles. The summed E-state index contributed by atoms with van der Waals surface area (Å²) in [6.07, 6.45) is 3.66. The molecule has 1 aliphatic rings. The predicted molar refractivity (Wildman–Crippen MR) is 59.7 cm³/mol. The molecule has 0 amide bonds. The lowest BCUT2D eigenvalue weighted by atomic mass is 9.96. The van der Waals surface area contributed by atoms with E-state index >= 15 is 0 Å². The van der Waals surface area contributed by atoms with Crippen molar-refractivity contribution in [3.63, 3.8) is 0 Å². The first kappa shape index (κ1) is 10.5. The van der Waals surface area contributed by atoms with Crippen molar-refractivity contribution in [1.29, 1.82) is 0 Å². The molecule has 0 radical (unpaired) electrons. The zero-order valence-corrected chi connectivity index (χ0v) is 9.38. The Morgan fingerprint density at radius 3 is 2.73 bits per heavy atom. The number of hydrogen-bond acceptors (Lipinski definition) is 2. The Balaban J connectivity index is 2.23. The number of halogens is 1. The average molecular weight is 225 g/mol. The van der Waals surface area contributed by atoms with Gasteiger partial charge in [0, 0.05) is 5.02 Å². The molecule has 1 aromatic carbocycles. The summed E-state index contributed by atoms with van der Waals surface area (Å²) in [6, 6.07) is 5.19. The van der Waals surface area contributed by atoms with Gasteiger partial charge >= 0.3 is 0 Å². The van der Waals surface area contributed by atoms with E-state index in [0.717, 1.165) is 12.8 Å². The second kappa shape index (κ2) is 4.23. The summed E-state index contributed by atoms with van der Waals surface area (Å²) >= 11 is 5.84. The Labute approximate surface area is 94.2 Å². The fourth-order valence-corrected chi connectivity index (χ4v) is 1.72. The number of Topliss-reactive ketones (excluding diaryl/α,β-unsaturated/α-hetero) is 1. The molecule has 0 spiro atoms. The topological polar surface area (TPSA) is 26.3 Å². The first-order chi connectivity index (χ1) is 7.16. The van der Waals surface area contributed by atoms with Gasteiger partial charge in [0.2, 0.25) is 0 Å². The van der Waals surface area contributed by atoms with Crippen LogP contribution >= 0.6 is 11.6 Å². The number of hydrogen-bond donors (Lipinski definition) is 0. The first-order valence-electron chi connectivity index (χ1n) is 5.14. The standard InChI is InChI=1S/C12H13ClO2/c1-8(14)11-7-9(13)5-6-12(11)15-10-3-2-4-10/h5-7,10H,2-4H2,1H3. The van der Waals surface area contributed by atoms with Crippen molar-refractivity contribution >= 4 is 17.4 Å². The maximum atomic E-state index is 11.4. The van der Waals surface area contributed by atoms with Gasteiger partial charge in [-0.3, -0.25) is 4.79 Å². The SMILES string of the molecule is CC(=O)c1cc(Cl)ccc1OC1CCC1. The van der Waals surface area contributed by atoms with Crippen LogP contribution in [0.2, 0.25) is 5.02 Å². The van der Waals surface area contributed by atoms with Gasteiger partial charge in [-0.25, -0.2) is 0 Å². The highest BCUT2D eigenvalue weighted by Gasteiger charge is 2.21. The van der Waals surface area contributed by atoms with Crippen molar-refractivity contribution in [2.45, 2.75) is 32.3 Å². The van der Waals surface area contributed by atoms with Crippen LogP contribution in [-0.2, 0) is 0 Å². The largest absolute Gasteiger partial charge is 0.490 e. The van der Waals surface area contributed by atoms with Gasteiger partial charge in [0.1, 0.15) is 5.75 Å². The molecule has 80 valence electrons. The summed E-state index contributed by atoms with van der Waals surface area (Å²) in [5, 5.41) is 0.571. The van der Waals surface area contributed by atoms with E-state index in [1.807, 2.05) is 0 Å². The van der Waals surface area contributed by atoms with Gasteiger partial charge in [0.25, 0.3) is 0 Å². The smallest absolute Gasteiger partial charge is 0.163 e. The van der Waals surface area contributed by atoms with Crippen LogP contribution in [0.4, 0.5) is 0 Å². The fraction of sp³-hybridized carbons (Fsp3) is 0.417. The van der Waals surface area contributed by atoms with Crippen molar-refractivity contribution in [1.82, 2.24) is 0 Å². The summed E-state index contributed by atoms with van der Waals surface area (Å²) in [5.74, 6) is 0.656. The Morgan fingerprint density at radius 2 is 2.20 bits per heavy atom. The van der Waals surface area contributed by atoms with E-state index in [1.165, 1.54) is 13.3 Å². The van der Waals surface area contributed by atoms with Crippen molar-refractivity contribution in [2.24, 2.45) is 0 Å². The lowest BCUT2D eigenvalue weighted by Gasteiger charge is -2.27. The minimum Gasteiger partial charge on any atom is -0.490 e. The number of benzene rings is 1. The normalized spacial score (nSPS) is 15.9. The van der Waals surface area contributed by atoms with Crippen LogP contribution in [0.5, 0.6) is 5.75 Å². The number of carbonyl (C=O) groups is 1. The Hall–Kier alpha value is -1.02. The van der Waals surface area contributed by atoms with Crippen LogP contribution in [-0.4, -0.2) is 11.9 Å². The number of carbonyl (C=O) groups excluding carboxylic acids is 1. The molecule has 0 aliphatic heterocycles. The molecular weight excluding hydrogens is 212 g/mol. The number of ether oxygens (including phenoxy) is 1. The third-order valence-electron chi connectivity index (χ3n) is 2.67. The van der Waals surface area contributed by atoms with E-state index in [9.17, 15) is 4.79 Å². The van der Waals surface area contributed by atoms with Gasteiger partial charge in [-0.15, -0.1) is 0 Å². The van der Waals surface area contributed by atoms with E-state index < -0.39 is 0 Å². The fourth-order valence-electron chi connectivity index (χ4n) is 1.55. The minimum atomic E-state index is -0.00757. The maximum Gasteiger partial charge on any atom is 0.163 e. The van der Waals surface area contributed by atoms with E-state index in [0.29, 0.717) is 16.3 Å². The van der Waals surface area contributed by atoms with Gasteiger partial charge in [-0.2, -0.15) is 0 Å². The average Bonchev–Trinajstić information content (AvgIpc) is 2.12. The highest BCUT2D eigenvalue weighted by molar-refractivity contribution is 6.31. The lowest BCUT2D eigenvalue weighted by Crippen LogP contribution is -2.25. The molecule has 3 heteroatoms. The van der Waals surface area contributed by atoms with Crippen LogP contribution < -0.4 is 4.74 Å². The lowest BCUT2D eigenvalue weighted by molar-refractivity contribution is 0.0983. The molecule has 2 nitrogen and oxygen atoms in total. The number of rotatable bonds is 3. The maximum absolute atomic E-state index is 11.4. The highest BCUT2D eigenvalue weighted by atomic mass is 35.5. The summed E-state index contributed by atoms with van der Waals surface area (Å²) in [6.45, 7) is 1.53. The van der Waals surface area contributed by atoms with Crippen LogP contribution in [0, 0.1) is 0 Å². The molecule has 15 heavy (non-hydrogen) atoms. The van der Waals surface area contributed by atoms with Crippen LogP contribution in [0.1, 0.15) is 36.5 Å². The molecule has 1 aliphatic carbocycles. The molecule has 1 saturated carbocycles. The van der Waals surface area contributed by atoms with Crippen molar-refractivity contribution in [2.75, 3.05) is 0 Å². The molecule has 0 saturated heterocycles. The van der Waals surface area contributed by atoms with Crippen molar-refractivity contribution < 1.29 is 9.53 Å². The molecule has 0 unspecified atom stereocenters. The molecule has 0 atom stereocenters. The molecule has 0 bridgehead atoms. The Kier molecular flexibility index (Phi) is 2.96. The predicted octanol–water partition coefficient (Wildman–Crippen LogP) is 3.47. The Bertz CT molecular complexity index is 383. The van der Waals surface area contributed by atoms with Crippen LogP contribution in [0.25, 0.3) is 0 Å². The van der Waals surface area contributed by atoms with Gasteiger partial charge in [0.15, 0.2) is 5.78 Å². The van der Waals surface area contributed by atoms with E-state index in [2.05, 4.69) is 0 Å². The summed E-state index contributed by atoms with van der Waals surface area (Å²) < 4.78 is 5.72. The second-order valence-corrected chi connectivity index (χ2v) is 4.30.